The Morgan fingerprint density at radius 1 is 0.394 bits per heavy atom. The molecule has 66 heavy (non-hydrogen) atoms. The molecular weight excluding hydrogens is 841 g/mol. The number of hydrogen-bond acceptors (Lipinski definition) is 12. The summed E-state index contributed by atoms with van der Waals surface area (Å²) in [6.07, 6.45) is -10.9. The molecule has 10 atom stereocenters. The molecule has 12 nitrogen and oxygen atoms in total. The van der Waals surface area contributed by atoms with Gasteiger partial charge in [0.05, 0.1) is 53.4 Å². The first kappa shape index (κ1) is 47.0. The van der Waals surface area contributed by atoms with Crippen molar-refractivity contribution in [3.8, 4) is 11.5 Å². The van der Waals surface area contributed by atoms with E-state index in [1.54, 1.807) is 19.2 Å². The second-order valence-electron chi connectivity index (χ2n) is 16.2. The van der Waals surface area contributed by atoms with E-state index in [0.717, 1.165) is 27.8 Å². The van der Waals surface area contributed by atoms with E-state index in [1.165, 1.54) is 0 Å². The topological polar surface area (TPSA) is 133 Å². The highest BCUT2D eigenvalue weighted by atomic mass is 16.8. The van der Waals surface area contributed by atoms with Gasteiger partial charge in [-0.1, -0.05) is 152 Å². The van der Waals surface area contributed by atoms with Crippen molar-refractivity contribution in [1.29, 1.82) is 0 Å². The van der Waals surface area contributed by atoms with Crippen molar-refractivity contribution in [3.05, 3.63) is 204 Å². The molecule has 346 valence electrons. The van der Waals surface area contributed by atoms with Crippen molar-refractivity contribution >= 4 is 0 Å². The Hall–Kier alpha value is -5.48. The molecule has 2 fully saturated rings. The van der Waals surface area contributed by atoms with Crippen LogP contribution in [0.5, 0.6) is 11.5 Å². The van der Waals surface area contributed by atoms with Crippen LogP contribution in [0, 0.1) is 0 Å². The highest BCUT2D eigenvalue weighted by Crippen LogP contribution is 2.36. The lowest BCUT2D eigenvalue weighted by atomic mass is 9.96. The number of benzene rings is 6. The lowest BCUT2D eigenvalue weighted by molar-refractivity contribution is -0.366. The summed E-state index contributed by atoms with van der Waals surface area (Å²) in [5.41, 5.74) is 4.62. The Kier molecular flexibility index (Phi) is 17.3. The Morgan fingerprint density at radius 3 is 1.26 bits per heavy atom. The van der Waals surface area contributed by atoms with E-state index in [1.807, 2.05) is 164 Å². The highest BCUT2D eigenvalue weighted by molar-refractivity contribution is 5.31. The van der Waals surface area contributed by atoms with Crippen LogP contribution in [-0.2, 0) is 70.9 Å². The lowest BCUT2D eigenvalue weighted by Gasteiger charge is -2.49. The third-order valence-electron chi connectivity index (χ3n) is 11.5. The fourth-order valence-corrected chi connectivity index (χ4v) is 7.95. The minimum absolute atomic E-state index is 0.0374. The van der Waals surface area contributed by atoms with Gasteiger partial charge in [-0.25, -0.2) is 0 Å². The Morgan fingerprint density at radius 2 is 0.788 bits per heavy atom. The van der Waals surface area contributed by atoms with E-state index < -0.39 is 61.4 Å². The summed E-state index contributed by atoms with van der Waals surface area (Å²) in [6.45, 7) is 1.03. The van der Waals surface area contributed by atoms with Gasteiger partial charge in [0.1, 0.15) is 60.3 Å². The summed E-state index contributed by atoms with van der Waals surface area (Å²) in [5, 5.41) is 23.5. The van der Waals surface area contributed by atoms with Gasteiger partial charge in [0.2, 0.25) is 6.29 Å². The molecule has 0 aromatic heterocycles. The third kappa shape index (κ3) is 13.1. The molecule has 6 aromatic carbocycles. The van der Waals surface area contributed by atoms with Gasteiger partial charge >= 0.3 is 0 Å². The van der Waals surface area contributed by atoms with Gasteiger partial charge in [-0.15, -0.1) is 0 Å². The van der Waals surface area contributed by atoms with Crippen LogP contribution >= 0.6 is 0 Å². The van der Waals surface area contributed by atoms with Crippen molar-refractivity contribution in [2.24, 2.45) is 0 Å². The van der Waals surface area contributed by atoms with E-state index in [9.17, 15) is 10.2 Å². The van der Waals surface area contributed by atoms with Gasteiger partial charge in [-0.3, -0.25) is 0 Å². The molecule has 6 aromatic rings. The number of methoxy groups -OCH3 is 1. The second kappa shape index (κ2) is 24.3. The summed E-state index contributed by atoms with van der Waals surface area (Å²) in [7, 11) is 1.61. The zero-order valence-electron chi connectivity index (χ0n) is 36.9. The predicted octanol–water partition coefficient (Wildman–Crippen LogP) is 7.82. The molecule has 2 aliphatic rings. The van der Waals surface area contributed by atoms with Gasteiger partial charge in [0, 0.05) is 0 Å². The van der Waals surface area contributed by atoms with Crippen LogP contribution < -0.4 is 9.47 Å². The Balaban J connectivity index is 1.15. The zero-order valence-corrected chi connectivity index (χ0v) is 36.9. The predicted molar refractivity (Wildman–Crippen MR) is 245 cm³/mol. The summed E-state index contributed by atoms with van der Waals surface area (Å²) >= 11 is 0. The van der Waals surface area contributed by atoms with E-state index in [2.05, 4.69) is 0 Å². The molecule has 0 radical (unpaired) electrons. The molecule has 2 N–H and O–H groups in total. The molecule has 2 saturated heterocycles. The molecule has 0 unspecified atom stereocenters. The molecule has 2 aliphatic heterocycles. The SMILES string of the molecule is COc1ccc(O[C@H]2O[C@@H](COCc3ccccc3)[C@H](O[C@H]3O[C@@H](COCc4ccccc4)[C@@H](O)[C@@H](O)[C@@H]3OCc3ccccc3)[C@@H](OCc3ccccc3)[C@@H]2OCc2ccccc2)cc1. The summed E-state index contributed by atoms with van der Waals surface area (Å²) in [6, 6.07) is 56.0. The molecule has 0 aliphatic carbocycles. The van der Waals surface area contributed by atoms with Crippen molar-refractivity contribution in [3.63, 3.8) is 0 Å². The van der Waals surface area contributed by atoms with Crippen LogP contribution in [0.1, 0.15) is 27.8 Å². The third-order valence-corrected chi connectivity index (χ3v) is 11.5. The smallest absolute Gasteiger partial charge is 0.229 e. The van der Waals surface area contributed by atoms with Crippen molar-refractivity contribution in [2.75, 3.05) is 20.3 Å². The summed E-state index contributed by atoms with van der Waals surface area (Å²) < 4.78 is 65.5. The fraction of sp³-hybridized carbons (Fsp3) is 0.333. The number of aliphatic hydroxyl groups is 2. The maximum absolute atomic E-state index is 11.9. The summed E-state index contributed by atoms with van der Waals surface area (Å²) in [5.74, 6) is 1.18. The maximum Gasteiger partial charge on any atom is 0.229 e. The van der Waals surface area contributed by atoms with Crippen molar-refractivity contribution in [1.82, 2.24) is 0 Å². The van der Waals surface area contributed by atoms with Gasteiger partial charge in [0.15, 0.2) is 6.29 Å². The molecule has 0 bridgehead atoms. The highest BCUT2D eigenvalue weighted by Gasteiger charge is 2.54. The normalized spacial score (nSPS) is 25.3. The second-order valence-corrected chi connectivity index (χ2v) is 16.2. The van der Waals surface area contributed by atoms with Crippen LogP contribution in [0.4, 0.5) is 0 Å². The van der Waals surface area contributed by atoms with Crippen LogP contribution in [0.3, 0.4) is 0 Å². The first-order valence-electron chi connectivity index (χ1n) is 22.3. The molecule has 0 saturated carbocycles. The van der Waals surface area contributed by atoms with Gasteiger partial charge < -0.3 is 57.6 Å². The van der Waals surface area contributed by atoms with Crippen molar-refractivity contribution < 1.29 is 57.6 Å². The van der Waals surface area contributed by atoms with Crippen LogP contribution in [0.2, 0.25) is 0 Å². The average molecular weight is 899 g/mol. The number of aliphatic hydroxyl groups excluding tert-OH is 2. The Labute approximate surface area is 386 Å². The van der Waals surface area contributed by atoms with E-state index >= 15 is 0 Å². The number of hydrogen-bond donors (Lipinski definition) is 2. The molecule has 0 spiro atoms. The van der Waals surface area contributed by atoms with Gasteiger partial charge in [-0.05, 0) is 52.1 Å². The molecule has 2 heterocycles. The first-order chi connectivity index (χ1) is 32.5. The first-order valence-corrected chi connectivity index (χ1v) is 22.3. The fourth-order valence-electron chi connectivity index (χ4n) is 7.95. The van der Waals surface area contributed by atoms with Crippen LogP contribution in [0.15, 0.2) is 176 Å². The summed E-state index contributed by atoms with van der Waals surface area (Å²) in [4.78, 5) is 0. The zero-order chi connectivity index (χ0) is 45.3. The van der Waals surface area contributed by atoms with Gasteiger partial charge in [-0.2, -0.15) is 0 Å². The minimum Gasteiger partial charge on any atom is -0.497 e. The standard InChI is InChI=1S/C54H58O12/c1-57-43-27-29-44(30-28-43)63-54-52(62-35-42-25-15-6-16-26-42)51(61-34-41-23-13-5-14-24-41)49(46(65-54)37-59-32-39-19-9-3-10-20-39)66-53-50(60-33-40-21-11-4-12-22-40)48(56)47(55)45(64-53)36-58-31-38-17-7-2-8-18-38/h2-30,45-56H,31-37H2,1H3/t45-,46-,47+,48+,49-,50-,51+,52-,53+,54-/m0/s1. The average Bonchev–Trinajstić information content (AvgIpc) is 3.37. The molecule has 12 heteroatoms. The number of rotatable bonds is 22. The quantitative estimate of drug-likeness (QED) is 0.0689. The van der Waals surface area contributed by atoms with Crippen LogP contribution in [-0.4, -0.2) is 91.9 Å². The largest absolute Gasteiger partial charge is 0.497 e. The van der Waals surface area contributed by atoms with E-state index in [0.29, 0.717) is 11.5 Å². The Bertz CT molecular complexity index is 2250. The van der Waals surface area contributed by atoms with Crippen LogP contribution in [0.25, 0.3) is 0 Å². The molecule has 0 amide bonds. The van der Waals surface area contributed by atoms with Crippen molar-refractivity contribution in [2.45, 2.75) is 94.4 Å². The molecule has 8 rings (SSSR count). The number of ether oxygens (including phenoxy) is 10. The molecular formula is C54H58O12. The van der Waals surface area contributed by atoms with Gasteiger partial charge in [0.25, 0.3) is 0 Å². The van der Waals surface area contributed by atoms with E-state index in [4.69, 9.17) is 47.4 Å². The lowest BCUT2D eigenvalue weighted by Crippen LogP contribution is -2.66. The minimum atomic E-state index is -1.44. The maximum atomic E-state index is 11.9. The van der Waals surface area contributed by atoms with E-state index in [-0.39, 0.29) is 46.2 Å². The monoisotopic (exact) mass is 898 g/mol.